The number of hydrogen-bond acceptors (Lipinski definition) is 5. The van der Waals surface area contributed by atoms with E-state index in [1.165, 1.54) is 22.5 Å². The molecular weight excluding hydrogens is 282 g/mol. The van der Waals surface area contributed by atoms with Gasteiger partial charge in [-0.3, -0.25) is 10.1 Å². The molecule has 20 heavy (non-hydrogen) atoms. The fourth-order valence-electron chi connectivity index (χ4n) is 2.25. The maximum Gasteiger partial charge on any atom is 0.273 e. The molecule has 1 aromatic carbocycles. The van der Waals surface area contributed by atoms with E-state index in [0.29, 0.717) is 19.6 Å². The van der Waals surface area contributed by atoms with Gasteiger partial charge in [-0.1, -0.05) is 18.2 Å². The zero-order valence-electron chi connectivity index (χ0n) is 11.2. The Kier molecular flexibility index (Phi) is 4.36. The number of hydrogen-bond donors (Lipinski definition) is 1. The number of nitrogens with one attached hydrogen (secondary N) is 1. The van der Waals surface area contributed by atoms with Gasteiger partial charge in [-0.05, 0) is 6.92 Å². The number of para-hydroxylation sites is 1. The molecule has 1 saturated heterocycles. The molecule has 1 N–H and O–H groups in total. The lowest BCUT2D eigenvalue weighted by atomic mass is 10.2. The molecule has 0 aliphatic carbocycles. The van der Waals surface area contributed by atoms with Crippen molar-refractivity contribution in [2.75, 3.05) is 19.6 Å². The summed E-state index contributed by atoms with van der Waals surface area (Å²) in [5, 5.41) is 14.1. The number of piperazine rings is 1. The standard InChI is InChI=1S/C12H17N3O4S/c1-10-8-14(7-6-13-10)20(18,19)9-11-4-2-3-5-12(11)15(16)17/h2-5,10,13H,6-9H2,1H3/t10-/m0/s1. The number of benzene rings is 1. The topological polar surface area (TPSA) is 92.5 Å². The second kappa shape index (κ2) is 5.86. The van der Waals surface area contributed by atoms with Gasteiger partial charge in [-0.15, -0.1) is 0 Å². The highest BCUT2D eigenvalue weighted by atomic mass is 32.2. The average molecular weight is 299 g/mol. The second-order valence-electron chi connectivity index (χ2n) is 4.86. The van der Waals surface area contributed by atoms with Crippen LogP contribution in [0.1, 0.15) is 12.5 Å². The van der Waals surface area contributed by atoms with Crippen LogP contribution in [0.25, 0.3) is 0 Å². The van der Waals surface area contributed by atoms with Crippen LogP contribution in [0.2, 0.25) is 0 Å². The molecule has 0 amide bonds. The van der Waals surface area contributed by atoms with E-state index in [1.54, 1.807) is 6.07 Å². The lowest BCUT2D eigenvalue weighted by Gasteiger charge is -2.30. The van der Waals surface area contributed by atoms with Crippen molar-refractivity contribution in [3.63, 3.8) is 0 Å². The number of nitrogens with zero attached hydrogens (tertiary/aromatic N) is 2. The number of nitro benzene ring substituents is 1. The zero-order chi connectivity index (χ0) is 14.8. The lowest BCUT2D eigenvalue weighted by Crippen LogP contribution is -2.51. The molecule has 2 rings (SSSR count). The third-order valence-electron chi connectivity index (χ3n) is 3.25. The van der Waals surface area contributed by atoms with E-state index in [2.05, 4.69) is 5.32 Å². The molecular formula is C12H17N3O4S. The maximum atomic E-state index is 12.4. The fourth-order valence-corrected chi connectivity index (χ4v) is 3.89. The summed E-state index contributed by atoms with van der Waals surface area (Å²) in [6.45, 7) is 3.29. The molecule has 110 valence electrons. The van der Waals surface area contributed by atoms with Crippen LogP contribution in [0.15, 0.2) is 24.3 Å². The Morgan fingerprint density at radius 2 is 2.15 bits per heavy atom. The van der Waals surface area contributed by atoms with E-state index in [0.717, 1.165) is 0 Å². The van der Waals surface area contributed by atoms with E-state index in [1.807, 2.05) is 6.92 Å². The van der Waals surface area contributed by atoms with Gasteiger partial charge in [0.25, 0.3) is 5.69 Å². The molecule has 1 atom stereocenters. The molecule has 0 bridgehead atoms. The molecule has 8 heteroatoms. The van der Waals surface area contributed by atoms with Crippen LogP contribution in [0.4, 0.5) is 5.69 Å². The lowest BCUT2D eigenvalue weighted by molar-refractivity contribution is -0.385. The minimum absolute atomic E-state index is 0.0873. The summed E-state index contributed by atoms with van der Waals surface area (Å²) in [6, 6.07) is 6.04. The first-order valence-electron chi connectivity index (χ1n) is 6.33. The second-order valence-corrected chi connectivity index (χ2v) is 6.82. The highest BCUT2D eigenvalue weighted by Gasteiger charge is 2.29. The Hall–Kier alpha value is -1.51. The summed E-state index contributed by atoms with van der Waals surface area (Å²) in [5.41, 5.74) is 0.0722. The predicted molar refractivity (Wildman–Crippen MR) is 74.8 cm³/mol. The van der Waals surface area contributed by atoms with Crippen LogP contribution in [0.3, 0.4) is 0 Å². The van der Waals surface area contributed by atoms with Gasteiger partial charge in [0.1, 0.15) is 0 Å². The normalized spacial score (nSPS) is 20.8. The van der Waals surface area contributed by atoms with Crippen molar-refractivity contribution in [2.24, 2.45) is 0 Å². The van der Waals surface area contributed by atoms with Crippen LogP contribution in [-0.4, -0.2) is 43.3 Å². The van der Waals surface area contributed by atoms with Gasteiger partial charge >= 0.3 is 0 Å². The van der Waals surface area contributed by atoms with Gasteiger partial charge in [-0.2, -0.15) is 4.31 Å². The summed E-state index contributed by atoms with van der Waals surface area (Å²) in [6.07, 6.45) is 0. The van der Waals surface area contributed by atoms with Crippen molar-refractivity contribution in [3.05, 3.63) is 39.9 Å². The van der Waals surface area contributed by atoms with E-state index in [9.17, 15) is 18.5 Å². The van der Waals surface area contributed by atoms with Gasteiger partial charge in [0.05, 0.1) is 10.7 Å². The van der Waals surface area contributed by atoms with Crippen LogP contribution in [0.5, 0.6) is 0 Å². The molecule has 0 spiro atoms. The summed E-state index contributed by atoms with van der Waals surface area (Å²) < 4.78 is 26.1. The molecule has 0 aromatic heterocycles. The van der Waals surface area contributed by atoms with E-state index < -0.39 is 14.9 Å². The zero-order valence-corrected chi connectivity index (χ0v) is 12.0. The minimum Gasteiger partial charge on any atom is -0.312 e. The van der Waals surface area contributed by atoms with Crippen molar-refractivity contribution < 1.29 is 13.3 Å². The first kappa shape index (κ1) is 14.9. The van der Waals surface area contributed by atoms with E-state index in [-0.39, 0.29) is 23.0 Å². The highest BCUT2D eigenvalue weighted by molar-refractivity contribution is 7.88. The molecule has 1 heterocycles. The largest absolute Gasteiger partial charge is 0.312 e. The van der Waals surface area contributed by atoms with E-state index in [4.69, 9.17) is 0 Å². The van der Waals surface area contributed by atoms with Crippen molar-refractivity contribution in [2.45, 2.75) is 18.7 Å². The summed E-state index contributed by atoms with van der Waals surface area (Å²) in [7, 11) is -3.54. The Bertz CT molecular complexity index is 602. The summed E-state index contributed by atoms with van der Waals surface area (Å²) in [5.74, 6) is -0.336. The smallest absolute Gasteiger partial charge is 0.273 e. The first-order chi connectivity index (χ1) is 9.40. The first-order valence-corrected chi connectivity index (χ1v) is 7.94. The molecule has 1 fully saturated rings. The summed E-state index contributed by atoms with van der Waals surface area (Å²) in [4.78, 5) is 10.4. The predicted octanol–water partition coefficient (Wildman–Crippen LogP) is 0.718. The van der Waals surface area contributed by atoms with Crippen LogP contribution < -0.4 is 5.32 Å². The van der Waals surface area contributed by atoms with Crippen LogP contribution in [0, 0.1) is 10.1 Å². The fraction of sp³-hybridized carbons (Fsp3) is 0.500. The number of nitro groups is 1. The van der Waals surface area contributed by atoms with Crippen LogP contribution >= 0.6 is 0 Å². The van der Waals surface area contributed by atoms with Gasteiger partial charge in [0.2, 0.25) is 10.0 Å². The average Bonchev–Trinajstić information content (AvgIpc) is 2.38. The highest BCUT2D eigenvalue weighted by Crippen LogP contribution is 2.22. The third-order valence-corrected chi connectivity index (χ3v) is 5.05. The molecule has 0 saturated carbocycles. The molecule has 7 nitrogen and oxygen atoms in total. The molecule has 1 aromatic rings. The van der Waals surface area contributed by atoms with Crippen molar-refractivity contribution >= 4 is 15.7 Å². The molecule has 1 aliphatic rings. The van der Waals surface area contributed by atoms with Gasteiger partial charge in [0, 0.05) is 37.3 Å². The molecule has 0 radical (unpaired) electrons. The molecule has 0 unspecified atom stereocenters. The Morgan fingerprint density at radius 3 is 2.80 bits per heavy atom. The van der Waals surface area contributed by atoms with Crippen molar-refractivity contribution in [1.82, 2.24) is 9.62 Å². The monoisotopic (exact) mass is 299 g/mol. The van der Waals surface area contributed by atoms with Crippen molar-refractivity contribution in [1.29, 1.82) is 0 Å². The van der Waals surface area contributed by atoms with Crippen LogP contribution in [-0.2, 0) is 15.8 Å². The Balaban J connectivity index is 2.22. The van der Waals surface area contributed by atoms with Gasteiger partial charge in [0.15, 0.2) is 0 Å². The minimum atomic E-state index is -3.54. The molecule has 1 aliphatic heterocycles. The van der Waals surface area contributed by atoms with Crippen molar-refractivity contribution in [3.8, 4) is 0 Å². The summed E-state index contributed by atoms with van der Waals surface area (Å²) >= 11 is 0. The third kappa shape index (κ3) is 3.33. The van der Waals surface area contributed by atoms with E-state index >= 15 is 0 Å². The number of rotatable bonds is 4. The quantitative estimate of drug-likeness (QED) is 0.653. The Labute approximate surface area is 117 Å². The Morgan fingerprint density at radius 1 is 1.45 bits per heavy atom. The van der Waals surface area contributed by atoms with Gasteiger partial charge in [-0.25, -0.2) is 8.42 Å². The maximum absolute atomic E-state index is 12.4. The van der Waals surface area contributed by atoms with Gasteiger partial charge < -0.3 is 5.32 Å². The number of sulfonamides is 1. The SMILES string of the molecule is C[C@H]1CN(S(=O)(=O)Cc2ccccc2[N+](=O)[O-])CCN1.